The zero-order chi connectivity index (χ0) is 18.9. The molecular weight excluding hydrogens is 314 g/mol. The smallest absolute Gasteiger partial charge is 0.408 e. The van der Waals surface area contributed by atoms with Gasteiger partial charge in [-0.25, -0.2) is 9.59 Å². The fourth-order valence-corrected chi connectivity index (χ4v) is 1.98. The molecule has 0 aliphatic rings. The lowest BCUT2D eigenvalue weighted by molar-refractivity contribution is -0.143. The number of carboxylic acid groups (broad SMARTS) is 1. The van der Waals surface area contributed by atoms with Gasteiger partial charge in [0.05, 0.1) is 0 Å². The Hall–Kier alpha value is -1.83. The second-order valence-electron chi connectivity index (χ2n) is 7.05. The summed E-state index contributed by atoms with van der Waals surface area (Å²) in [4.78, 5) is 35.5. The van der Waals surface area contributed by atoms with Gasteiger partial charge in [0.25, 0.3) is 0 Å². The Bertz CT molecular complexity index is 432. The summed E-state index contributed by atoms with van der Waals surface area (Å²) < 4.78 is 5.15. The molecule has 5 N–H and O–H groups in total. The molecule has 0 aromatic rings. The van der Waals surface area contributed by atoms with Crippen molar-refractivity contribution in [2.75, 3.05) is 6.54 Å². The highest BCUT2D eigenvalue weighted by molar-refractivity contribution is 5.89. The third-order valence-corrected chi connectivity index (χ3v) is 3.18. The maximum Gasteiger partial charge on any atom is 0.408 e. The second-order valence-corrected chi connectivity index (χ2v) is 7.05. The Morgan fingerprint density at radius 3 is 2.12 bits per heavy atom. The summed E-state index contributed by atoms with van der Waals surface area (Å²) in [6.45, 7) is 9.03. The Balaban J connectivity index is 4.93. The van der Waals surface area contributed by atoms with Gasteiger partial charge in [-0.1, -0.05) is 13.8 Å². The standard InChI is InChI=1S/C16H31N3O5/c1-10(2)12(14(21)22)19-13(20)11(8-6-7-9-17)18-15(23)24-16(3,4)5/h10-12H,6-9,17H2,1-5H3,(H,18,23)(H,19,20)(H,21,22). The summed E-state index contributed by atoms with van der Waals surface area (Å²) in [6, 6.07) is -1.89. The van der Waals surface area contributed by atoms with Crippen LogP contribution in [0, 0.1) is 5.92 Å². The van der Waals surface area contributed by atoms with Crippen LogP contribution in [0.15, 0.2) is 0 Å². The molecule has 0 fully saturated rings. The topological polar surface area (TPSA) is 131 Å². The number of aliphatic carboxylic acids is 1. The van der Waals surface area contributed by atoms with Gasteiger partial charge in [-0.2, -0.15) is 0 Å². The zero-order valence-corrected chi connectivity index (χ0v) is 15.2. The number of carboxylic acids is 1. The minimum Gasteiger partial charge on any atom is -0.480 e. The predicted octanol–water partition coefficient (Wildman–Crippen LogP) is 1.23. The lowest BCUT2D eigenvalue weighted by Gasteiger charge is -2.25. The largest absolute Gasteiger partial charge is 0.480 e. The summed E-state index contributed by atoms with van der Waals surface area (Å²) in [5.74, 6) is -1.94. The second kappa shape index (κ2) is 10.1. The Kier molecular flexibility index (Phi) is 9.35. The zero-order valence-electron chi connectivity index (χ0n) is 15.2. The summed E-state index contributed by atoms with van der Waals surface area (Å²) in [7, 11) is 0. The van der Waals surface area contributed by atoms with Crippen LogP contribution in [0.3, 0.4) is 0 Å². The molecule has 2 atom stereocenters. The van der Waals surface area contributed by atoms with E-state index >= 15 is 0 Å². The number of amides is 2. The van der Waals surface area contributed by atoms with E-state index in [2.05, 4.69) is 10.6 Å². The first-order chi connectivity index (χ1) is 11.0. The Morgan fingerprint density at radius 1 is 1.12 bits per heavy atom. The van der Waals surface area contributed by atoms with Gasteiger partial charge in [0.2, 0.25) is 5.91 Å². The normalized spacial score (nSPS) is 14.0. The van der Waals surface area contributed by atoms with E-state index in [-0.39, 0.29) is 5.92 Å². The Labute approximate surface area is 143 Å². The molecule has 0 rings (SSSR count). The van der Waals surface area contributed by atoms with E-state index in [1.165, 1.54) is 0 Å². The minimum atomic E-state index is -1.11. The van der Waals surface area contributed by atoms with Crippen LogP contribution in [0.25, 0.3) is 0 Å². The highest BCUT2D eigenvalue weighted by atomic mass is 16.6. The quantitative estimate of drug-likeness (QED) is 0.465. The summed E-state index contributed by atoms with van der Waals surface area (Å²) in [6.07, 6.45) is 0.967. The average molecular weight is 345 g/mol. The van der Waals surface area contributed by atoms with E-state index < -0.39 is 35.7 Å². The van der Waals surface area contributed by atoms with E-state index in [1.54, 1.807) is 34.6 Å². The molecule has 0 bridgehead atoms. The van der Waals surface area contributed by atoms with Crippen molar-refractivity contribution in [1.29, 1.82) is 0 Å². The fourth-order valence-electron chi connectivity index (χ4n) is 1.98. The SMILES string of the molecule is CC(C)C(NC(=O)C(CCCCN)NC(=O)OC(C)(C)C)C(=O)O. The van der Waals surface area contributed by atoms with Crippen molar-refractivity contribution in [1.82, 2.24) is 10.6 Å². The van der Waals surface area contributed by atoms with Crippen LogP contribution in [0.4, 0.5) is 4.79 Å². The molecule has 0 spiro atoms. The molecule has 24 heavy (non-hydrogen) atoms. The highest BCUT2D eigenvalue weighted by Crippen LogP contribution is 2.09. The van der Waals surface area contributed by atoms with E-state index in [0.717, 1.165) is 0 Å². The number of unbranched alkanes of at least 4 members (excludes halogenated alkanes) is 1. The Morgan fingerprint density at radius 2 is 1.71 bits per heavy atom. The number of carbonyl (C=O) groups is 3. The number of hydrogen-bond acceptors (Lipinski definition) is 5. The highest BCUT2D eigenvalue weighted by Gasteiger charge is 2.29. The molecule has 0 heterocycles. The number of nitrogens with two attached hydrogens (primary N) is 1. The first kappa shape index (κ1) is 22.2. The van der Waals surface area contributed by atoms with Gasteiger partial charge < -0.3 is 26.2 Å². The molecule has 0 radical (unpaired) electrons. The van der Waals surface area contributed by atoms with Crippen LogP contribution < -0.4 is 16.4 Å². The van der Waals surface area contributed by atoms with Crippen molar-refractivity contribution < 1.29 is 24.2 Å². The lowest BCUT2D eigenvalue weighted by atomic mass is 10.0. The summed E-state index contributed by atoms with van der Waals surface area (Å²) in [5.41, 5.74) is 4.75. The molecule has 0 aliphatic heterocycles. The fraction of sp³-hybridized carbons (Fsp3) is 0.812. The van der Waals surface area contributed by atoms with Gasteiger partial charge in [-0.15, -0.1) is 0 Å². The van der Waals surface area contributed by atoms with Crippen LogP contribution in [0.2, 0.25) is 0 Å². The molecule has 2 unspecified atom stereocenters. The molecule has 0 saturated heterocycles. The van der Waals surface area contributed by atoms with Crippen LogP contribution in [-0.2, 0) is 14.3 Å². The number of nitrogens with one attached hydrogen (secondary N) is 2. The monoisotopic (exact) mass is 345 g/mol. The molecule has 0 aromatic heterocycles. The van der Waals surface area contributed by atoms with Crippen molar-refractivity contribution in [2.24, 2.45) is 11.7 Å². The van der Waals surface area contributed by atoms with Gasteiger partial charge in [-0.05, 0) is 52.5 Å². The van der Waals surface area contributed by atoms with Crippen molar-refractivity contribution in [2.45, 2.75) is 71.6 Å². The number of rotatable bonds is 9. The van der Waals surface area contributed by atoms with E-state index in [1.807, 2.05) is 0 Å². The first-order valence-corrected chi connectivity index (χ1v) is 8.20. The van der Waals surface area contributed by atoms with Crippen molar-refractivity contribution in [3.05, 3.63) is 0 Å². The van der Waals surface area contributed by atoms with Gasteiger partial charge in [-0.3, -0.25) is 4.79 Å². The van der Waals surface area contributed by atoms with E-state index in [4.69, 9.17) is 10.5 Å². The van der Waals surface area contributed by atoms with Crippen molar-refractivity contribution in [3.63, 3.8) is 0 Å². The predicted molar refractivity (Wildman–Crippen MR) is 90.5 cm³/mol. The van der Waals surface area contributed by atoms with Gasteiger partial charge in [0.15, 0.2) is 0 Å². The third-order valence-electron chi connectivity index (χ3n) is 3.18. The molecular formula is C16H31N3O5. The molecule has 0 saturated carbocycles. The number of carbonyl (C=O) groups excluding carboxylic acids is 2. The van der Waals surface area contributed by atoms with Crippen molar-refractivity contribution in [3.8, 4) is 0 Å². The molecule has 140 valence electrons. The minimum absolute atomic E-state index is 0.280. The summed E-state index contributed by atoms with van der Waals surface area (Å²) >= 11 is 0. The van der Waals surface area contributed by atoms with E-state index in [0.29, 0.717) is 25.8 Å². The van der Waals surface area contributed by atoms with Gasteiger partial charge in [0, 0.05) is 0 Å². The number of alkyl carbamates (subject to hydrolysis) is 1. The molecule has 0 aromatic carbocycles. The van der Waals surface area contributed by atoms with Crippen LogP contribution in [0.1, 0.15) is 53.9 Å². The number of hydrogen-bond donors (Lipinski definition) is 4. The van der Waals surface area contributed by atoms with Crippen LogP contribution >= 0.6 is 0 Å². The molecule has 8 nitrogen and oxygen atoms in total. The molecule has 2 amide bonds. The maximum atomic E-state index is 12.4. The van der Waals surface area contributed by atoms with Gasteiger partial charge >= 0.3 is 12.1 Å². The third kappa shape index (κ3) is 9.34. The number of ether oxygens (including phenoxy) is 1. The van der Waals surface area contributed by atoms with Crippen LogP contribution in [0.5, 0.6) is 0 Å². The first-order valence-electron chi connectivity index (χ1n) is 8.20. The van der Waals surface area contributed by atoms with E-state index in [9.17, 15) is 19.5 Å². The van der Waals surface area contributed by atoms with Gasteiger partial charge in [0.1, 0.15) is 17.7 Å². The maximum absolute atomic E-state index is 12.4. The molecule has 0 aliphatic carbocycles. The average Bonchev–Trinajstić information content (AvgIpc) is 2.40. The van der Waals surface area contributed by atoms with Crippen molar-refractivity contribution >= 4 is 18.0 Å². The molecule has 8 heteroatoms. The van der Waals surface area contributed by atoms with Crippen LogP contribution in [-0.4, -0.2) is 47.3 Å². The lowest BCUT2D eigenvalue weighted by Crippen LogP contribution is -2.53. The summed E-state index contributed by atoms with van der Waals surface area (Å²) in [5, 5.41) is 14.2.